The number of ether oxygens (including phenoxy) is 3. The van der Waals surface area contributed by atoms with Crippen molar-refractivity contribution < 1.29 is 28.9 Å². The van der Waals surface area contributed by atoms with Crippen LogP contribution in [0.3, 0.4) is 0 Å². The molecule has 0 fully saturated rings. The van der Waals surface area contributed by atoms with Gasteiger partial charge in [-0.15, -0.1) is 0 Å². The molecule has 2 N–H and O–H groups in total. The second-order valence-electron chi connectivity index (χ2n) is 6.39. The average molecular weight is 358 g/mol. The quantitative estimate of drug-likeness (QED) is 0.783. The minimum Gasteiger partial charge on any atom is -0.454 e. The number of rotatable bonds is 5. The highest BCUT2D eigenvalue weighted by atomic mass is 35.5. The summed E-state index contributed by atoms with van der Waals surface area (Å²) < 4.78 is 15.7. The first-order chi connectivity index (χ1) is 11.2. The fraction of sp³-hybridized carbons (Fsp3) is 0.500. The van der Waals surface area contributed by atoms with Gasteiger partial charge in [0.15, 0.2) is 17.8 Å². The Bertz CT molecular complexity index is 628. The van der Waals surface area contributed by atoms with Crippen LogP contribution in [0.1, 0.15) is 26.3 Å². The highest BCUT2D eigenvalue weighted by molar-refractivity contribution is 6.32. The Morgan fingerprint density at radius 3 is 2.79 bits per heavy atom. The van der Waals surface area contributed by atoms with Gasteiger partial charge in [-0.2, -0.15) is 0 Å². The van der Waals surface area contributed by atoms with E-state index in [1.165, 1.54) is 0 Å². The summed E-state index contributed by atoms with van der Waals surface area (Å²) in [6, 6.07) is 2.46. The second-order valence-corrected chi connectivity index (χ2v) is 6.80. The van der Waals surface area contributed by atoms with Gasteiger partial charge in [0.1, 0.15) is 11.7 Å². The van der Waals surface area contributed by atoms with Gasteiger partial charge in [-0.3, -0.25) is 0 Å². The lowest BCUT2D eigenvalue weighted by atomic mass is 10.0. The van der Waals surface area contributed by atoms with Crippen molar-refractivity contribution in [1.29, 1.82) is 0 Å². The van der Waals surface area contributed by atoms with Crippen molar-refractivity contribution in [3.8, 4) is 11.5 Å². The number of aliphatic hydroxyl groups excluding tert-OH is 1. The zero-order valence-corrected chi connectivity index (χ0v) is 14.4. The molecule has 0 saturated heterocycles. The molecule has 24 heavy (non-hydrogen) atoms. The zero-order valence-electron chi connectivity index (χ0n) is 13.7. The van der Waals surface area contributed by atoms with E-state index < -0.39 is 23.8 Å². The monoisotopic (exact) mass is 357 g/mol. The van der Waals surface area contributed by atoms with Gasteiger partial charge >= 0.3 is 6.09 Å². The molecule has 1 amide bonds. The Balaban J connectivity index is 2.13. The number of carbonyl (C=O) groups is 2. The van der Waals surface area contributed by atoms with Crippen LogP contribution >= 0.6 is 11.6 Å². The molecule has 1 aliphatic rings. The summed E-state index contributed by atoms with van der Waals surface area (Å²) in [6.07, 6.45) is -1.59. The number of carbonyl (C=O) groups excluding carboxylic acids is 2. The molecule has 2 rings (SSSR count). The molecule has 0 bridgehead atoms. The van der Waals surface area contributed by atoms with Crippen LogP contribution in [0.4, 0.5) is 4.79 Å². The number of halogens is 1. The predicted molar refractivity (Wildman–Crippen MR) is 86.5 cm³/mol. The van der Waals surface area contributed by atoms with Crippen LogP contribution in [0, 0.1) is 0 Å². The molecule has 0 aromatic heterocycles. The van der Waals surface area contributed by atoms with Gasteiger partial charge in [0, 0.05) is 0 Å². The molecule has 2 atom stereocenters. The van der Waals surface area contributed by atoms with E-state index in [0.29, 0.717) is 28.4 Å². The van der Waals surface area contributed by atoms with Gasteiger partial charge in [0.25, 0.3) is 0 Å². The minimum atomic E-state index is -1.39. The summed E-state index contributed by atoms with van der Waals surface area (Å²) in [5, 5.41) is 12.7. The van der Waals surface area contributed by atoms with Gasteiger partial charge in [-0.25, -0.2) is 4.79 Å². The lowest BCUT2D eigenvalue weighted by molar-refractivity contribution is -0.116. The minimum absolute atomic E-state index is 0.0784. The summed E-state index contributed by atoms with van der Waals surface area (Å²) in [6.45, 7) is 5.23. The summed E-state index contributed by atoms with van der Waals surface area (Å²) >= 11 is 6.12. The number of hydrogen-bond donors (Lipinski definition) is 2. The highest BCUT2D eigenvalue weighted by Gasteiger charge is 2.26. The molecule has 7 nitrogen and oxygen atoms in total. The van der Waals surface area contributed by atoms with Gasteiger partial charge < -0.3 is 29.4 Å². The van der Waals surface area contributed by atoms with Crippen LogP contribution in [-0.2, 0) is 16.0 Å². The molecule has 132 valence electrons. The third-order valence-corrected chi connectivity index (χ3v) is 3.48. The molecule has 0 unspecified atom stereocenters. The number of nitrogens with one attached hydrogen (secondary N) is 1. The van der Waals surface area contributed by atoms with Crippen molar-refractivity contribution in [2.24, 2.45) is 0 Å². The summed E-state index contributed by atoms with van der Waals surface area (Å²) in [4.78, 5) is 22.8. The van der Waals surface area contributed by atoms with E-state index in [9.17, 15) is 14.7 Å². The summed E-state index contributed by atoms with van der Waals surface area (Å²) in [7, 11) is 0. The van der Waals surface area contributed by atoms with E-state index in [0.717, 1.165) is 0 Å². The number of hydrogen-bond acceptors (Lipinski definition) is 6. The van der Waals surface area contributed by atoms with Crippen LogP contribution in [-0.4, -0.2) is 42.0 Å². The molecule has 1 heterocycles. The van der Waals surface area contributed by atoms with Crippen LogP contribution < -0.4 is 14.8 Å². The molecule has 0 radical (unpaired) electrons. The van der Waals surface area contributed by atoms with Gasteiger partial charge in [0.05, 0.1) is 11.1 Å². The maximum absolute atomic E-state index is 11.9. The molecule has 8 heteroatoms. The average Bonchev–Trinajstić information content (AvgIpc) is 2.92. The molecular weight excluding hydrogens is 338 g/mol. The van der Waals surface area contributed by atoms with E-state index in [1.54, 1.807) is 32.9 Å². The third-order valence-electron chi connectivity index (χ3n) is 3.20. The lowest BCUT2D eigenvalue weighted by Gasteiger charge is -2.25. The molecule has 1 aromatic rings. The Kier molecular flexibility index (Phi) is 5.56. The van der Waals surface area contributed by atoms with E-state index in [2.05, 4.69) is 5.32 Å². The number of aliphatic hydroxyl groups is 1. The van der Waals surface area contributed by atoms with Gasteiger partial charge in [-0.05, 0) is 44.9 Å². The van der Waals surface area contributed by atoms with Crippen LogP contribution in [0.25, 0.3) is 0 Å². The van der Waals surface area contributed by atoms with E-state index in [4.69, 9.17) is 25.8 Å². The van der Waals surface area contributed by atoms with Crippen molar-refractivity contribution in [1.82, 2.24) is 5.32 Å². The summed E-state index contributed by atoms with van der Waals surface area (Å²) in [5.74, 6) is 0.933. The largest absolute Gasteiger partial charge is 0.454 e. The molecule has 0 aliphatic carbocycles. The Morgan fingerprint density at radius 2 is 2.17 bits per heavy atom. The van der Waals surface area contributed by atoms with Crippen molar-refractivity contribution in [3.63, 3.8) is 0 Å². The van der Waals surface area contributed by atoms with E-state index >= 15 is 0 Å². The molecule has 0 saturated carbocycles. The molecular formula is C16H20ClNO6. The van der Waals surface area contributed by atoms with Crippen molar-refractivity contribution in [3.05, 3.63) is 22.7 Å². The number of fused-ring (bicyclic) bond motifs is 1. The fourth-order valence-corrected chi connectivity index (χ4v) is 2.49. The van der Waals surface area contributed by atoms with Crippen LogP contribution in [0.15, 0.2) is 12.1 Å². The van der Waals surface area contributed by atoms with Crippen molar-refractivity contribution in [2.75, 3.05) is 6.79 Å². The zero-order chi connectivity index (χ0) is 17.9. The second kappa shape index (κ2) is 7.27. The first kappa shape index (κ1) is 18.4. The molecule has 1 aromatic carbocycles. The first-order valence-corrected chi connectivity index (χ1v) is 7.78. The SMILES string of the molecule is CC(C)(C)OC(=O)N[C@@H](Cc1cc(Cl)c2c(c1)OCO2)[C@H](O)C=O. The standard InChI is InChI=1S/C16H20ClNO6/c1-16(2,3)24-15(21)18-11(12(20)7-19)5-9-4-10(17)14-13(6-9)22-8-23-14/h4,6-7,11-12,20H,5,8H2,1-3H3,(H,18,21)/t11-,12+/m0/s1. The smallest absolute Gasteiger partial charge is 0.407 e. The van der Waals surface area contributed by atoms with Crippen LogP contribution in [0.2, 0.25) is 5.02 Å². The Hall–Kier alpha value is -1.99. The first-order valence-electron chi connectivity index (χ1n) is 7.40. The topological polar surface area (TPSA) is 94.1 Å². The highest BCUT2D eigenvalue weighted by Crippen LogP contribution is 2.40. The molecule has 0 spiro atoms. The Morgan fingerprint density at radius 1 is 1.46 bits per heavy atom. The van der Waals surface area contributed by atoms with Gasteiger partial charge in [-0.1, -0.05) is 11.6 Å². The van der Waals surface area contributed by atoms with E-state index in [1.807, 2.05) is 0 Å². The normalized spacial score (nSPS) is 15.5. The third kappa shape index (κ3) is 4.75. The van der Waals surface area contributed by atoms with Gasteiger partial charge in [0.2, 0.25) is 6.79 Å². The molecule has 1 aliphatic heterocycles. The van der Waals surface area contributed by atoms with Crippen LogP contribution in [0.5, 0.6) is 11.5 Å². The van der Waals surface area contributed by atoms with Crippen molar-refractivity contribution >= 4 is 24.0 Å². The van der Waals surface area contributed by atoms with Crippen molar-refractivity contribution in [2.45, 2.75) is 44.9 Å². The maximum Gasteiger partial charge on any atom is 0.407 e. The lowest BCUT2D eigenvalue weighted by Crippen LogP contribution is -2.47. The Labute approximate surface area is 144 Å². The predicted octanol–water partition coefficient (Wildman–Crippen LogP) is 2.06. The number of benzene rings is 1. The number of alkyl carbamates (subject to hydrolysis) is 1. The number of amides is 1. The maximum atomic E-state index is 11.9. The fourth-order valence-electron chi connectivity index (χ4n) is 2.20. The number of aldehydes is 1. The van der Waals surface area contributed by atoms with E-state index in [-0.39, 0.29) is 13.2 Å². The summed E-state index contributed by atoms with van der Waals surface area (Å²) in [5.41, 5.74) is -0.0192.